The fraction of sp³-hybridized carbons (Fsp3) is 0.368. The number of carbonyl (C=O) groups is 1. The summed E-state index contributed by atoms with van der Waals surface area (Å²) in [5.74, 6) is 0.0193. The number of carboxylic acid groups (broad SMARTS) is 1. The number of nitrogens with zero attached hydrogens (tertiary/aromatic N) is 2. The Kier molecular flexibility index (Phi) is 5.11. The maximum absolute atomic E-state index is 11.3. The quantitative estimate of drug-likeness (QED) is 0.807. The van der Waals surface area contributed by atoms with Gasteiger partial charge in [-0.2, -0.15) is 0 Å². The Labute approximate surface area is 141 Å². The van der Waals surface area contributed by atoms with Gasteiger partial charge in [-0.3, -0.25) is 14.7 Å². The zero-order valence-corrected chi connectivity index (χ0v) is 13.8. The van der Waals surface area contributed by atoms with Crippen LogP contribution >= 0.6 is 0 Å². The Hall–Kier alpha value is -2.40. The summed E-state index contributed by atoms with van der Waals surface area (Å²) >= 11 is 0. The Morgan fingerprint density at radius 3 is 2.62 bits per heavy atom. The van der Waals surface area contributed by atoms with E-state index in [1.54, 1.807) is 13.1 Å². The van der Waals surface area contributed by atoms with Crippen LogP contribution in [0.4, 0.5) is 0 Å². The number of aliphatic carboxylic acids is 1. The minimum absolute atomic E-state index is 0.399. The molecule has 0 radical (unpaired) electrons. The number of pyridine rings is 1. The number of carboxylic acids is 1. The van der Waals surface area contributed by atoms with Crippen molar-refractivity contribution in [1.29, 1.82) is 0 Å². The van der Waals surface area contributed by atoms with Crippen molar-refractivity contribution < 1.29 is 14.6 Å². The van der Waals surface area contributed by atoms with Crippen molar-refractivity contribution in [3.8, 4) is 5.75 Å². The van der Waals surface area contributed by atoms with Crippen LogP contribution in [0.2, 0.25) is 0 Å². The van der Waals surface area contributed by atoms with E-state index in [-0.39, 0.29) is 0 Å². The Balaban J connectivity index is 1.58. The topological polar surface area (TPSA) is 62.7 Å². The predicted octanol–water partition coefficient (Wildman–Crippen LogP) is 3.10. The summed E-state index contributed by atoms with van der Waals surface area (Å²) in [6.07, 6.45) is 3.92. The van der Waals surface area contributed by atoms with Gasteiger partial charge in [-0.05, 0) is 49.6 Å². The molecule has 1 fully saturated rings. The maximum atomic E-state index is 11.3. The molecule has 5 heteroatoms. The monoisotopic (exact) mass is 326 g/mol. The highest BCUT2D eigenvalue weighted by Gasteiger charge is 2.34. The van der Waals surface area contributed by atoms with E-state index in [2.05, 4.69) is 9.88 Å². The van der Waals surface area contributed by atoms with E-state index >= 15 is 0 Å². The molecule has 24 heavy (non-hydrogen) atoms. The highest BCUT2D eigenvalue weighted by molar-refractivity contribution is 5.73. The highest BCUT2D eigenvalue weighted by atomic mass is 16.5. The second-order valence-electron chi connectivity index (χ2n) is 6.17. The van der Waals surface area contributed by atoms with Crippen LogP contribution in [0.1, 0.15) is 31.0 Å². The summed E-state index contributed by atoms with van der Waals surface area (Å²) in [6.45, 7) is 2.84. The lowest BCUT2D eigenvalue weighted by molar-refractivity contribution is -0.143. The molecule has 1 N–H and O–H groups in total. The van der Waals surface area contributed by atoms with Crippen molar-refractivity contribution >= 4 is 5.97 Å². The largest absolute Gasteiger partial charge is 0.487 e. The zero-order valence-electron chi connectivity index (χ0n) is 13.8. The molecule has 1 aromatic carbocycles. The average Bonchev–Trinajstić information content (AvgIpc) is 3.44. The third-order valence-corrected chi connectivity index (χ3v) is 4.27. The summed E-state index contributed by atoms with van der Waals surface area (Å²) in [7, 11) is 0. The van der Waals surface area contributed by atoms with Gasteiger partial charge in [-0.15, -0.1) is 0 Å². The van der Waals surface area contributed by atoms with Crippen molar-refractivity contribution in [2.24, 2.45) is 0 Å². The molecule has 1 aromatic heterocycles. The number of ether oxygens (including phenoxy) is 1. The first-order valence-corrected chi connectivity index (χ1v) is 8.23. The fourth-order valence-electron chi connectivity index (χ4n) is 2.67. The number of hydrogen-bond acceptors (Lipinski definition) is 4. The van der Waals surface area contributed by atoms with Crippen molar-refractivity contribution in [3.05, 3.63) is 59.9 Å². The standard InChI is InChI=1S/C19H22N2O3/c1-14(19(22)23)21(17-7-8-17)12-15-5-9-18(10-6-15)24-13-16-4-2-3-11-20-16/h2-6,9-11,14,17H,7-8,12-13H2,1H3,(H,22,23). The zero-order chi connectivity index (χ0) is 16.9. The number of hydrogen-bond donors (Lipinski definition) is 1. The Morgan fingerprint density at radius 1 is 1.29 bits per heavy atom. The first kappa shape index (κ1) is 16.5. The van der Waals surface area contributed by atoms with Crippen molar-refractivity contribution in [1.82, 2.24) is 9.88 Å². The molecular weight excluding hydrogens is 304 g/mol. The third kappa shape index (κ3) is 4.32. The van der Waals surface area contributed by atoms with Crippen LogP contribution in [0, 0.1) is 0 Å². The molecule has 1 aliphatic rings. The average molecular weight is 326 g/mol. The molecule has 2 aromatic rings. The first-order chi connectivity index (χ1) is 11.6. The number of aromatic nitrogens is 1. The van der Waals surface area contributed by atoms with Gasteiger partial charge in [0.05, 0.1) is 5.69 Å². The van der Waals surface area contributed by atoms with Crippen LogP contribution in [-0.4, -0.2) is 33.0 Å². The number of benzene rings is 1. The summed E-state index contributed by atoms with van der Waals surface area (Å²) in [5, 5.41) is 9.26. The molecule has 5 nitrogen and oxygen atoms in total. The molecule has 3 rings (SSSR count). The highest BCUT2D eigenvalue weighted by Crippen LogP contribution is 2.30. The van der Waals surface area contributed by atoms with Gasteiger partial charge in [0.1, 0.15) is 18.4 Å². The molecular formula is C19H22N2O3. The van der Waals surface area contributed by atoms with E-state index < -0.39 is 12.0 Å². The summed E-state index contributed by atoms with van der Waals surface area (Å²) in [5.41, 5.74) is 1.98. The van der Waals surface area contributed by atoms with Crippen LogP contribution in [0.15, 0.2) is 48.7 Å². The molecule has 0 amide bonds. The third-order valence-electron chi connectivity index (χ3n) is 4.27. The Morgan fingerprint density at radius 2 is 2.04 bits per heavy atom. The molecule has 1 saturated carbocycles. The lowest BCUT2D eigenvalue weighted by atomic mass is 10.1. The van der Waals surface area contributed by atoms with E-state index in [1.807, 2.05) is 42.5 Å². The van der Waals surface area contributed by atoms with Gasteiger partial charge < -0.3 is 9.84 Å². The summed E-state index contributed by atoms with van der Waals surface area (Å²) in [6, 6.07) is 13.5. The van der Waals surface area contributed by atoms with Crippen LogP contribution in [0.3, 0.4) is 0 Å². The minimum Gasteiger partial charge on any atom is -0.487 e. The smallest absolute Gasteiger partial charge is 0.320 e. The van der Waals surface area contributed by atoms with Crippen LogP contribution < -0.4 is 4.74 Å². The van der Waals surface area contributed by atoms with Gasteiger partial charge in [-0.1, -0.05) is 18.2 Å². The molecule has 0 saturated heterocycles. The van der Waals surface area contributed by atoms with E-state index in [0.29, 0.717) is 19.2 Å². The minimum atomic E-state index is -0.766. The van der Waals surface area contributed by atoms with E-state index in [4.69, 9.17) is 4.74 Å². The van der Waals surface area contributed by atoms with Crippen LogP contribution in [-0.2, 0) is 17.9 Å². The van der Waals surface area contributed by atoms with Gasteiger partial charge in [0.15, 0.2) is 0 Å². The SMILES string of the molecule is CC(C(=O)O)N(Cc1ccc(OCc2ccccn2)cc1)C1CC1. The van der Waals surface area contributed by atoms with Crippen LogP contribution in [0.25, 0.3) is 0 Å². The number of rotatable bonds is 8. The molecule has 0 aliphatic heterocycles. The van der Waals surface area contributed by atoms with Gasteiger partial charge >= 0.3 is 5.97 Å². The molecule has 1 atom stereocenters. The lowest BCUT2D eigenvalue weighted by Gasteiger charge is -2.26. The van der Waals surface area contributed by atoms with Crippen molar-refractivity contribution in [3.63, 3.8) is 0 Å². The van der Waals surface area contributed by atoms with Crippen LogP contribution in [0.5, 0.6) is 5.75 Å². The van der Waals surface area contributed by atoms with E-state index in [9.17, 15) is 9.90 Å². The molecule has 1 heterocycles. The maximum Gasteiger partial charge on any atom is 0.320 e. The second kappa shape index (κ2) is 7.45. The second-order valence-corrected chi connectivity index (χ2v) is 6.17. The molecule has 0 spiro atoms. The van der Waals surface area contributed by atoms with Gasteiger partial charge in [0.2, 0.25) is 0 Å². The Bertz CT molecular complexity index is 669. The van der Waals surface area contributed by atoms with Gasteiger partial charge in [-0.25, -0.2) is 0 Å². The molecule has 126 valence electrons. The van der Waals surface area contributed by atoms with Gasteiger partial charge in [0, 0.05) is 18.8 Å². The predicted molar refractivity (Wildman–Crippen MR) is 90.7 cm³/mol. The lowest BCUT2D eigenvalue weighted by Crippen LogP contribution is -2.39. The van der Waals surface area contributed by atoms with Gasteiger partial charge in [0.25, 0.3) is 0 Å². The van der Waals surface area contributed by atoms with E-state index in [1.165, 1.54) is 0 Å². The van der Waals surface area contributed by atoms with Crippen molar-refractivity contribution in [2.75, 3.05) is 0 Å². The summed E-state index contributed by atoms with van der Waals surface area (Å²) < 4.78 is 5.73. The normalized spacial score (nSPS) is 15.2. The van der Waals surface area contributed by atoms with E-state index in [0.717, 1.165) is 29.8 Å². The molecule has 1 unspecified atom stereocenters. The fourth-order valence-corrected chi connectivity index (χ4v) is 2.67. The van der Waals surface area contributed by atoms with Crippen molar-refractivity contribution in [2.45, 2.75) is 45.0 Å². The first-order valence-electron chi connectivity index (χ1n) is 8.23. The molecule has 0 bridgehead atoms. The molecule has 1 aliphatic carbocycles. The summed E-state index contributed by atoms with van der Waals surface area (Å²) in [4.78, 5) is 17.6.